The Balaban J connectivity index is 0.000000120. The van der Waals surface area contributed by atoms with E-state index in [1.54, 1.807) is 27.0 Å². The summed E-state index contributed by atoms with van der Waals surface area (Å²) >= 11 is 16.4. The number of nitrogens with one attached hydrogen (secondary N) is 1. The van der Waals surface area contributed by atoms with Crippen LogP contribution in [0.25, 0.3) is 66.1 Å². The number of allylic oxidation sites excluding steroid dienone is 1. The number of ether oxygens (including phenoxy) is 3. The molecule has 6 aromatic heterocycles. The zero-order valence-corrected chi connectivity index (χ0v) is 79.2. The lowest BCUT2D eigenvalue weighted by atomic mass is 9.94. The van der Waals surface area contributed by atoms with Crippen LogP contribution in [-0.2, 0) is 46.4 Å². The summed E-state index contributed by atoms with van der Waals surface area (Å²) in [5.74, 6) is -0.733. The van der Waals surface area contributed by atoms with Gasteiger partial charge in [0.15, 0.2) is 24.1 Å². The molecule has 0 radical (unpaired) electrons. The Morgan fingerprint density at radius 1 is 0.500 bits per heavy atom. The predicted octanol–water partition coefficient (Wildman–Crippen LogP) is 23.3. The number of aliphatic carboxylic acids is 1. The molecule has 132 heavy (non-hydrogen) atoms. The Morgan fingerprint density at radius 2 is 0.962 bits per heavy atom. The third-order valence-electron chi connectivity index (χ3n) is 24.7. The number of rotatable bonds is 10. The van der Waals surface area contributed by atoms with Crippen LogP contribution in [0.15, 0.2) is 211 Å². The Bertz CT molecular complexity index is 6310. The number of carbonyl (C=O) groups excluding carboxylic acids is 3. The van der Waals surface area contributed by atoms with Gasteiger partial charge < -0.3 is 43.8 Å². The lowest BCUT2D eigenvalue weighted by Crippen LogP contribution is -2.48. The molecule has 3 aliphatic carbocycles. The highest BCUT2D eigenvalue weighted by atomic mass is 79.9. The Kier molecular flexibility index (Phi) is 30.0. The van der Waals surface area contributed by atoms with Crippen molar-refractivity contribution in [2.45, 2.75) is 206 Å². The second-order valence-electron chi connectivity index (χ2n) is 34.4. The van der Waals surface area contributed by atoms with Crippen LogP contribution >= 0.6 is 55.1 Å². The summed E-state index contributed by atoms with van der Waals surface area (Å²) in [5, 5.41) is 41.8. The number of amides is 3. The van der Waals surface area contributed by atoms with Gasteiger partial charge in [0.2, 0.25) is 17.7 Å². The Morgan fingerprint density at radius 3 is 1.43 bits per heavy atom. The van der Waals surface area contributed by atoms with Gasteiger partial charge in [0.05, 0.1) is 113 Å². The largest absolute Gasteiger partial charge is 0.502 e. The molecule has 7 aliphatic heterocycles. The maximum Gasteiger partial charge on any atom is 0.490 e. The van der Waals surface area contributed by atoms with Crippen molar-refractivity contribution in [2.75, 3.05) is 62.7 Å². The Hall–Kier alpha value is -11.5. The van der Waals surface area contributed by atoms with Crippen LogP contribution in [-0.4, -0.2) is 155 Å². The van der Waals surface area contributed by atoms with Crippen LogP contribution in [0, 0.1) is 0 Å². The lowest BCUT2D eigenvalue weighted by molar-refractivity contribution is -0.192. The van der Waals surface area contributed by atoms with Crippen molar-refractivity contribution in [2.24, 2.45) is 4.99 Å². The molecule has 3 amide bonds. The molecule has 13 aromatic rings. The number of carbonyl (C=O) groups is 4. The van der Waals surface area contributed by atoms with Gasteiger partial charge in [-0.15, -0.1) is 23.2 Å². The third kappa shape index (κ3) is 21.7. The van der Waals surface area contributed by atoms with Crippen molar-refractivity contribution in [1.29, 1.82) is 0 Å². The van der Waals surface area contributed by atoms with Crippen LogP contribution in [0.5, 0.6) is 0 Å². The summed E-state index contributed by atoms with van der Waals surface area (Å²) in [6.45, 7) is 15.9. The number of aromatic amines is 1. The van der Waals surface area contributed by atoms with E-state index in [4.69, 9.17) is 52.4 Å². The first-order chi connectivity index (χ1) is 63.9. The molecule has 2 N–H and O–H groups in total. The SMILES string of the molecule is BrC1=NCc2ccccc21.Brc1nn(C2CCCCO2)c2ccccc12.C1=COCCC1.CC(=O)N1c2ccc(-c3cnn(C4CC4)c3)cc2CC[C@@H]1C.CC(=O)N1c2ccc(-c3cnn(C4CC4)c3)cc2N(c2n[nH]c3ccccc23)C[C@@H]1C.CC(=O)N1c2ccc(-c3cnn(C4CC4)c3)cc2N(c2nn(C3CCCCO3)c3ccccc23)C[C@@H]1C.ClCCl.O=C(O)C(F)(F)F. The van der Waals surface area contributed by atoms with Gasteiger partial charge in [-0.1, -0.05) is 84.9 Å². The first-order valence-electron chi connectivity index (χ1n) is 45.1. The van der Waals surface area contributed by atoms with E-state index >= 15 is 0 Å². The molecule has 0 spiro atoms. The number of para-hydroxylation sites is 3. The third-order valence-corrected chi connectivity index (χ3v) is 26.0. The average molecular weight is 1960 g/mol. The van der Waals surface area contributed by atoms with Gasteiger partial charge in [-0.3, -0.25) is 38.5 Å². The highest BCUT2D eigenvalue weighted by molar-refractivity contribution is 9.18. The minimum atomic E-state index is -5.08. The van der Waals surface area contributed by atoms with E-state index in [0.717, 1.165) is 176 Å². The van der Waals surface area contributed by atoms with Crippen molar-refractivity contribution < 1.29 is 51.7 Å². The van der Waals surface area contributed by atoms with Crippen LogP contribution in [0.2, 0.25) is 0 Å². The van der Waals surface area contributed by atoms with E-state index in [9.17, 15) is 27.6 Å². The number of benzene rings is 7. The standard InChI is InChI=1S/C29H32N6O2.C24H24N6O.C18H21N3O.C12H13BrN2O.C8H6BrN.C5H8O.C2HF3O2.CH2Cl2/c1-19-17-32(29-24-7-3-4-8-25(24)35(31-29)28-9-5-6-14-37-28)27-15-21(10-13-26(27)34(19)20(2)36)22-16-30-33(18-22)23-11-12-23;1-15-13-28(24-20-5-3-4-6-21(20)26-27-24)23-11-17(7-10-22(23)30(15)16(2)31)18-12-25-29(14-18)19-8-9-19;1-12-3-4-15-9-14(5-8-18(15)21(12)13(2)22)16-10-19-20(11-16)17-6-7-17;13-12-9-5-1-2-6-10(9)15(14-12)11-7-3-4-8-16-11;9-8-7-4-2-1-3-6(7)5-10-8;1-2-4-6-5-3-1;3-2(4,5)1(6)7;2-1-3/h3-4,7-8,10,13,15-16,18-19,23,28H,5-6,9,11-12,14,17H2,1-2H3;3-7,10-12,14-15,19H,8-9,13H2,1-2H3,(H,26,27);5,8-12,17H,3-4,6-7H2,1-2H3;1-2,5-6,11H,3-4,7-8H2;1-4H,5H2;2,4H,1,3,5H2;(H,6,7);1H2/t19-,28?;15-;12-;;;;;/m000...../s1. The molecule has 2 unspecified atom stereocenters. The van der Waals surface area contributed by atoms with Crippen molar-refractivity contribution in [3.05, 3.63) is 222 Å². The first kappa shape index (κ1) is 93.7. The number of aryl methyl sites for hydroxylation is 1. The number of hydrogen-bond donors (Lipinski definition) is 2. The first-order valence-corrected chi connectivity index (χ1v) is 47.8. The van der Waals surface area contributed by atoms with Crippen LogP contribution in [0.1, 0.15) is 185 Å². The van der Waals surface area contributed by atoms with Crippen molar-refractivity contribution in [1.82, 2.24) is 59.1 Å². The van der Waals surface area contributed by atoms with Gasteiger partial charge in [-0.25, -0.2) is 14.2 Å². The highest BCUT2D eigenvalue weighted by Gasteiger charge is 2.40. The fourth-order valence-electron chi connectivity index (χ4n) is 17.8. The van der Waals surface area contributed by atoms with Crippen molar-refractivity contribution >= 4 is 156 Å². The number of nitrogens with zero attached hydrogens (tertiary/aromatic N) is 17. The van der Waals surface area contributed by atoms with E-state index in [-0.39, 0.29) is 53.6 Å². The molecule has 5 atom stereocenters. The minimum Gasteiger partial charge on any atom is -0.502 e. The number of fused-ring (bicyclic) bond motifs is 7. The molecular formula is C99H107Br2Cl2F3N18O8. The van der Waals surface area contributed by atoms with Crippen LogP contribution < -0.4 is 24.5 Å². The smallest absolute Gasteiger partial charge is 0.490 e. The molecule has 33 heteroatoms. The van der Waals surface area contributed by atoms with Gasteiger partial charge in [-0.2, -0.15) is 43.8 Å². The number of anilines is 7. The zero-order chi connectivity index (χ0) is 92.4. The molecular weight excluding hydrogens is 1860 g/mol. The van der Waals surface area contributed by atoms with Gasteiger partial charge in [0, 0.05) is 116 Å². The zero-order valence-electron chi connectivity index (χ0n) is 74.5. The van der Waals surface area contributed by atoms with E-state index in [2.05, 4.69) is 245 Å². The van der Waals surface area contributed by atoms with Gasteiger partial charge >= 0.3 is 12.1 Å². The molecule has 26 nitrogen and oxygen atoms in total. The topological polar surface area (TPSA) is 263 Å². The maximum absolute atomic E-state index is 12.7. The van der Waals surface area contributed by atoms with E-state index < -0.39 is 12.1 Å². The number of carboxylic acid groups (broad SMARTS) is 1. The quantitative estimate of drug-likeness (QED) is 0.121. The molecule has 2 saturated heterocycles. The molecule has 0 bridgehead atoms. The Labute approximate surface area is 790 Å². The summed E-state index contributed by atoms with van der Waals surface area (Å²) < 4.78 is 60.7. The number of hydrogen-bond acceptors (Lipinski definition) is 16. The van der Waals surface area contributed by atoms with E-state index in [1.807, 2.05) is 86.5 Å². The lowest BCUT2D eigenvalue weighted by Gasteiger charge is -2.41. The number of alkyl halides is 5. The van der Waals surface area contributed by atoms with Crippen molar-refractivity contribution in [3.63, 3.8) is 0 Å². The molecule has 3 saturated carbocycles. The molecule has 10 aliphatic rings. The monoisotopic (exact) mass is 1960 g/mol. The van der Waals surface area contributed by atoms with Gasteiger partial charge in [0.25, 0.3) is 0 Å². The number of aromatic nitrogens is 12. The summed E-state index contributed by atoms with van der Waals surface area (Å²) in [4.78, 5) is 60.5. The highest BCUT2D eigenvalue weighted by Crippen LogP contribution is 2.48. The fraction of sp³-hybridized carbons (Fsp3) is 0.384. The maximum atomic E-state index is 12.7. The summed E-state index contributed by atoms with van der Waals surface area (Å²) in [6, 6.07) is 54.1. The van der Waals surface area contributed by atoms with E-state index in [1.165, 1.54) is 85.6 Å². The second-order valence-corrected chi connectivity index (χ2v) is 36.7. The summed E-state index contributed by atoms with van der Waals surface area (Å²) in [6.07, 6.45) is 29.4. The summed E-state index contributed by atoms with van der Waals surface area (Å²) in [5.41, 5.74) is 18.7. The van der Waals surface area contributed by atoms with Gasteiger partial charge in [-0.05, 0) is 256 Å². The van der Waals surface area contributed by atoms with Gasteiger partial charge in [0.1, 0.15) is 9.22 Å². The van der Waals surface area contributed by atoms with Crippen molar-refractivity contribution in [3.8, 4) is 33.4 Å². The molecule has 5 fully saturated rings. The predicted molar refractivity (Wildman–Crippen MR) is 519 cm³/mol. The van der Waals surface area contributed by atoms with Crippen LogP contribution in [0.4, 0.5) is 53.2 Å². The number of H-pyrrole nitrogens is 1. The average Bonchev–Trinajstić information content (AvgIpc) is 1.52. The van der Waals surface area contributed by atoms with Crippen LogP contribution in [0.3, 0.4) is 0 Å². The molecule has 23 rings (SSSR count). The molecule has 7 aromatic carbocycles. The fourth-order valence-corrected chi connectivity index (χ4v) is 18.8. The number of halogens is 7. The number of carboxylic acids is 1. The molecule has 13 heterocycles. The summed E-state index contributed by atoms with van der Waals surface area (Å²) in [7, 11) is 0. The molecule has 690 valence electrons. The normalized spacial score (nSPS) is 19.3. The minimum absolute atomic E-state index is 0.00306. The second kappa shape index (κ2) is 42.2. The number of aliphatic imine (C=N–C) groups is 1. The van der Waals surface area contributed by atoms with E-state index in [0.29, 0.717) is 31.2 Å².